The standard InChI is InChI=1S/C25H30F2N6O/c1-16-10-18(23-11-17(4-7-29-23)22-15-28-6-5-25(22)34)2-3-24(16)33(32-9-8-30-31-32)21-13-19(26)12-20(27)14-21/h2-3,8-10,12-14,17,22-23,25,28-29,34H,4-7,11,15H2,1H3. The maximum Gasteiger partial charge on any atom is 0.128 e. The normalized spacial score (nSPS) is 25.3. The molecule has 0 saturated carbocycles. The van der Waals surface area contributed by atoms with Crippen molar-refractivity contribution in [3.05, 3.63) is 71.6 Å². The van der Waals surface area contributed by atoms with Crippen LogP contribution in [-0.2, 0) is 0 Å². The van der Waals surface area contributed by atoms with Gasteiger partial charge in [0.05, 0.1) is 29.9 Å². The van der Waals surface area contributed by atoms with Gasteiger partial charge in [0.25, 0.3) is 0 Å². The van der Waals surface area contributed by atoms with Gasteiger partial charge in [-0.25, -0.2) is 13.8 Å². The molecular weight excluding hydrogens is 438 g/mol. The Morgan fingerprint density at radius 3 is 2.62 bits per heavy atom. The SMILES string of the molecule is Cc1cc(C2CC(C3CNCCC3O)CCN2)ccc1N(c1cc(F)cc(F)c1)n1ccnn1. The zero-order chi connectivity index (χ0) is 23.7. The summed E-state index contributed by atoms with van der Waals surface area (Å²) >= 11 is 0. The Balaban J connectivity index is 1.43. The Morgan fingerprint density at radius 2 is 1.91 bits per heavy atom. The van der Waals surface area contributed by atoms with E-state index < -0.39 is 11.6 Å². The third-order valence-corrected chi connectivity index (χ3v) is 7.10. The summed E-state index contributed by atoms with van der Waals surface area (Å²) in [5.74, 6) is -0.585. The quantitative estimate of drug-likeness (QED) is 0.532. The van der Waals surface area contributed by atoms with Crippen molar-refractivity contribution in [2.45, 2.75) is 38.3 Å². The Hall–Kier alpha value is -2.88. The molecule has 3 heterocycles. The fourth-order valence-electron chi connectivity index (χ4n) is 5.41. The highest BCUT2D eigenvalue weighted by atomic mass is 19.1. The van der Waals surface area contributed by atoms with Gasteiger partial charge in [-0.1, -0.05) is 12.1 Å². The molecule has 2 saturated heterocycles. The molecule has 4 atom stereocenters. The minimum Gasteiger partial charge on any atom is -0.393 e. The van der Waals surface area contributed by atoms with Gasteiger partial charge >= 0.3 is 0 Å². The van der Waals surface area contributed by atoms with Gasteiger partial charge in [-0.15, -0.1) is 5.10 Å². The first-order valence-electron chi connectivity index (χ1n) is 11.8. The number of benzene rings is 2. The fourth-order valence-corrected chi connectivity index (χ4v) is 5.41. The van der Waals surface area contributed by atoms with E-state index in [1.807, 2.05) is 13.0 Å². The van der Waals surface area contributed by atoms with Crippen LogP contribution in [0, 0.1) is 30.4 Å². The third kappa shape index (κ3) is 4.68. The first-order valence-corrected chi connectivity index (χ1v) is 11.8. The molecule has 1 aromatic heterocycles. The number of aryl methyl sites for hydroxylation is 1. The van der Waals surface area contributed by atoms with Gasteiger partial charge in [-0.05, 0) is 79.7 Å². The van der Waals surface area contributed by atoms with Gasteiger partial charge < -0.3 is 15.7 Å². The fraction of sp³-hybridized carbons (Fsp3) is 0.440. The molecule has 9 heteroatoms. The molecule has 0 amide bonds. The zero-order valence-electron chi connectivity index (χ0n) is 19.2. The number of aliphatic hydroxyl groups excluding tert-OH is 1. The average Bonchev–Trinajstić information content (AvgIpc) is 3.34. The van der Waals surface area contributed by atoms with Crippen molar-refractivity contribution in [1.29, 1.82) is 0 Å². The van der Waals surface area contributed by atoms with Gasteiger partial charge in [0.2, 0.25) is 0 Å². The second kappa shape index (κ2) is 9.77. The van der Waals surface area contributed by atoms with E-state index in [0.29, 0.717) is 11.6 Å². The molecule has 0 aliphatic carbocycles. The number of aromatic nitrogens is 3. The van der Waals surface area contributed by atoms with Crippen LogP contribution < -0.4 is 15.6 Å². The van der Waals surface area contributed by atoms with Crippen molar-refractivity contribution in [1.82, 2.24) is 25.7 Å². The Kier molecular flexibility index (Phi) is 6.58. The summed E-state index contributed by atoms with van der Waals surface area (Å²) in [5.41, 5.74) is 3.17. The highest BCUT2D eigenvalue weighted by molar-refractivity contribution is 5.66. The highest BCUT2D eigenvalue weighted by Gasteiger charge is 2.34. The molecule has 3 aromatic rings. The topological polar surface area (TPSA) is 78.2 Å². The van der Waals surface area contributed by atoms with Crippen LogP contribution in [-0.4, -0.2) is 45.9 Å². The summed E-state index contributed by atoms with van der Waals surface area (Å²) in [6.07, 6.45) is 5.75. The molecule has 2 aromatic carbocycles. The van der Waals surface area contributed by atoms with Gasteiger partial charge in [-0.2, -0.15) is 4.79 Å². The van der Waals surface area contributed by atoms with Crippen LogP contribution in [0.4, 0.5) is 20.2 Å². The minimum atomic E-state index is -0.661. The number of piperidine rings is 2. The molecule has 34 heavy (non-hydrogen) atoms. The van der Waals surface area contributed by atoms with E-state index in [-0.39, 0.29) is 18.1 Å². The van der Waals surface area contributed by atoms with E-state index in [1.165, 1.54) is 23.1 Å². The van der Waals surface area contributed by atoms with Crippen LogP contribution in [0.3, 0.4) is 0 Å². The van der Waals surface area contributed by atoms with Gasteiger partial charge in [0.15, 0.2) is 0 Å². The molecule has 180 valence electrons. The molecule has 7 nitrogen and oxygen atoms in total. The molecule has 0 bridgehead atoms. The lowest BCUT2D eigenvalue weighted by molar-refractivity contribution is 0.0316. The van der Waals surface area contributed by atoms with E-state index in [9.17, 15) is 13.9 Å². The lowest BCUT2D eigenvalue weighted by Gasteiger charge is -2.40. The van der Waals surface area contributed by atoms with Crippen LogP contribution in [0.25, 0.3) is 0 Å². The zero-order valence-corrected chi connectivity index (χ0v) is 19.2. The van der Waals surface area contributed by atoms with Crippen LogP contribution >= 0.6 is 0 Å². The van der Waals surface area contributed by atoms with Crippen molar-refractivity contribution in [2.24, 2.45) is 11.8 Å². The molecule has 2 aliphatic rings. The lowest BCUT2D eigenvalue weighted by Crippen LogP contribution is -2.46. The molecule has 4 unspecified atom stereocenters. The van der Waals surface area contributed by atoms with Crippen molar-refractivity contribution in [3.8, 4) is 0 Å². The summed E-state index contributed by atoms with van der Waals surface area (Å²) in [5, 5.41) is 27.1. The maximum absolute atomic E-state index is 14.0. The maximum atomic E-state index is 14.0. The third-order valence-electron chi connectivity index (χ3n) is 7.10. The summed E-state index contributed by atoms with van der Waals surface area (Å²) < 4.78 is 28.1. The van der Waals surface area contributed by atoms with E-state index in [1.54, 1.807) is 11.2 Å². The number of nitrogens with one attached hydrogen (secondary N) is 2. The molecule has 0 radical (unpaired) electrons. The van der Waals surface area contributed by atoms with E-state index in [4.69, 9.17) is 0 Å². The Bertz CT molecular complexity index is 1100. The molecule has 2 aliphatic heterocycles. The first-order chi connectivity index (χ1) is 16.5. The largest absolute Gasteiger partial charge is 0.393 e. The van der Waals surface area contributed by atoms with E-state index >= 15 is 0 Å². The van der Waals surface area contributed by atoms with Crippen molar-refractivity contribution in [3.63, 3.8) is 0 Å². The number of anilines is 2. The Morgan fingerprint density at radius 1 is 1.09 bits per heavy atom. The first kappa shape index (κ1) is 22.9. The molecule has 2 fully saturated rings. The van der Waals surface area contributed by atoms with Crippen molar-refractivity contribution >= 4 is 11.4 Å². The van der Waals surface area contributed by atoms with Crippen LogP contribution in [0.2, 0.25) is 0 Å². The molecule has 3 N–H and O–H groups in total. The van der Waals surface area contributed by atoms with E-state index in [2.05, 4.69) is 33.1 Å². The van der Waals surface area contributed by atoms with E-state index in [0.717, 1.165) is 61.8 Å². The van der Waals surface area contributed by atoms with Crippen molar-refractivity contribution < 1.29 is 13.9 Å². The summed E-state index contributed by atoms with van der Waals surface area (Å²) in [4.78, 5) is 1.46. The summed E-state index contributed by atoms with van der Waals surface area (Å²) in [6, 6.07) is 9.71. The number of rotatable bonds is 5. The predicted octanol–water partition coefficient (Wildman–Crippen LogP) is 3.48. The number of nitrogens with zero attached hydrogens (tertiary/aromatic N) is 4. The van der Waals surface area contributed by atoms with Gasteiger partial charge in [-0.3, -0.25) is 0 Å². The van der Waals surface area contributed by atoms with Gasteiger partial charge in [0.1, 0.15) is 11.6 Å². The van der Waals surface area contributed by atoms with Crippen LogP contribution in [0.5, 0.6) is 0 Å². The molecule has 5 rings (SSSR count). The Labute approximate surface area is 197 Å². The second-order valence-corrected chi connectivity index (χ2v) is 9.32. The van der Waals surface area contributed by atoms with Gasteiger partial charge in [0, 0.05) is 24.6 Å². The minimum absolute atomic E-state index is 0.187. The highest BCUT2D eigenvalue weighted by Crippen LogP contribution is 2.37. The number of aliphatic hydroxyl groups is 1. The average molecular weight is 469 g/mol. The number of halogens is 2. The number of hydrogen-bond acceptors (Lipinski definition) is 6. The molecular formula is C25H30F2N6O. The monoisotopic (exact) mass is 468 g/mol. The van der Waals surface area contributed by atoms with Crippen molar-refractivity contribution in [2.75, 3.05) is 24.6 Å². The lowest BCUT2D eigenvalue weighted by atomic mass is 9.76. The van der Waals surface area contributed by atoms with Crippen LogP contribution in [0.1, 0.15) is 36.4 Å². The predicted molar refractivity (Wildman–Crippen MR) is 126 cm³/mol. The smallest absolute Gasteiger partial charge is 0.128 e. The second-order valence-electron chi connectivity index (χ2n) is 9.32. The summed E-state index contributed by atoms with van der Waals surface area (Å²) in [7, 11) is 0. The number of hydrogen-bond donors (Lipinski definition) is 3. The van der Waals surface area contributed by atoms with Crippen LogP contribution in [0.15, 0.2) is 48.8 Å². The molecule has 0 spiro atoms. The summed E-state index contributed by atoms with van der Waals surface area (Å²) in [6.45, 7) is 4.64.